The van der Waals surface area contributed by atoms with Crippen LogP contribution in [0.15, 0.2) is 140 Å². The van der Waals surface area contributed by atoms with Crippen molar-refractivity contribution in [1.82, 2.24) is 0 Å². The van der Waals surface area contributed by atoms with Gasteiger partial charge in [0.2, 0.25) is 0 Å². The van der Waals surface area contributed by atoms with Gasteiger partial charge in [-0.3, -0.25) is 0 Å². The van der Waals surface area contributed by atoms with E-state index in [2.05, 4.69) is 146 Å². The van der Waals surface area contributed by atoms with Gasteiger partial charge in [0.25, 0.3) is 0 Å². The van der Waals surface area contributed by atoms with Gasteiger partial charge >= 0.3 is 0 Å². The molecule has 0 aromatic heterocycles. The van der Waals surface area contributed by atoms with E-state index < -0.39 is 0 Å². The Morgan fingerprint density at radius 3 is 1.64 bits per heavy atom. The molecule has 4 aliphatic rings. The predicted octanol–water partition coefficient (Wildman–Crippen LogP) is 12.5. The summed E-state index contributed by atoms with van der Waals surface area (Å²) in [7, 11) is 0. The number of hydrogen-bond donors (Lipinski definition) is 0. The summed E-state index contributed by atoms with van der Waals surface area (Å²) in [6.45, 7) is 0. The van der Waals surface area contributed by atoms with Gasteiger partial charge in [0.1, 0.15) is 0 Å². The third-order valence-electron chi connectivity index (χ3n) is 13.0. The van der Waals surface area contributed by atoms with Crippen molar-refractivity contribution in [3.63, 3.8) is 0 Å². The Bertz CT molecular complexity index is 3400. The molecule has 0 heteroatoms. The quantitative estimate of drug-likeness (QED) is 0.132. The largest absolute Gasteiger partial charge is 0.0622 e. The Labute approximate surface area is 287 Å². The lowest BCUT2D eigenvalue weighted by molar-refractivity contribution is 0.734. The molecule has 0 aliphatic heterocycles. The lowest BCUT2D eigenvalue weighted by Crippen LogP contribution is -2.31. The predicted molar refractivity (Wildman–Crippen MR) is 212 cm³/mol. The van der Waals surface area contributed by atoms with Gasteiger partial charge in [0.15, 0.2) is 0 Å². The molecule has 2 atom stereocenters. The van der Waals surface area contributed by atoms with Crippen molar-refractivity contribution in [2.45, 2.75) is 11.8 Å². The smallest absolute Gasteiger partial charge is 0.0225 e. The van der Waals surface area contributed by atoms with E-state index in [0.29, 0.717) is 0 Å². The first-order valence-corrected chi connectivity index (χ1v) is 17.9. The van der Waals surface area contributed by atoms with E-state index in [0.717, 1.165) is 0 Å². The first kappa shape index (κ1) is 24.8. The van der Waals surface area contributed by atoms with E-state index in [9.17, 15) is 0 Å². The molecule has 0 amide bonds. The topological polar surface area (TPSA) is 0 Å². The first-order valence-electron chi connectivity index (χ1n) is 17.9. The molecule has 226 valence electrons. The van der Waals surface area contributed by atoms with Gasteiger partial charge in [-0.2, -0.15) is 0 Å². The van der Waals surface area contributed by atoms with Crippen molar-refractivity contribution in [2.75, 3.05) is 0 Å². The molecule has 0 heterocycles. The van der Waals surface area contributed by atoms with Gasteiger partial charge in [-0.15, -0.1) is 0 Å². The van der Waals surface area contributed by atoms with E-state index >= 15 is 0 Å². The van der Waals surface area contributed by atoms with Crippen LogP contribution in [0, 0.1) is 0 Å². The summed E-state index contributed by atoms with van der Waals surface area (Å²) < 4.78 is 0. The molecule has 2 unspecified atom stereocenters. The zero-order valence-electron chi connectivity index (χ0n) is 27.0. The van der Waals surface area contributed by atoms with Gasteiger partial charge < -0.3 is 0 Å². The highest BCUT2D eigenvalue weighted by atomic mass is 14.5. The fourth-order valence-electron chi connectivity index (χ4n) is 11.5. The maximum atomic E-state index is 2.48. The first-order chi connectivity index (χ1) is 24.9. The second-order valence-electron chi connectivity index (χ2n) is 15.0. The zero-order chi connectivity index (χ0) is 32.0. The van der Waals surface area contributed by atoms with E-state index in [-0.39, 0.29) is 11.8 Å². The summed E-state index contributed by atoms with van der Waals surface area (Å²) in [4.78, 5) is 0. The van der Waals surface area contributed by atoms with Crippen LogP contribution in [0.25, 0.3) is 109 Å². The molecule has 0 radical (unpaired) electrons. The Morgan fingerprint density at radius 1 is 0.320 bits per heavy atom. The summed E-state index contributed by atoms with van der Waals surface area (Å²) in [6, 6.07) is 51.0. The lowest BCUT2D eigenvalue weighted by Gasteiger charge is -2.45. The Kier molecular flexibility index (Phi) is 4.04. The van der Waals surface area contributed by atoms with Crippen LogP contribution < -0.4 is 5.22 Å². The van der Waals surface area contributed by atoms with Crippen molar-refractivity contribution in [1.29, 1.82) is 0 Å². The van der Waals surface area contributed by atoms with Crippen LogP contribution in [0.5, 0.6) is 0 Å². The zero-order valence-corrected chi connectivity index (χ0v) is 27.0. The summed E-state index contributed by atoms with van der Waals surface area (Å²) in [5.41, 5.74) is 12.9. The third-order valence-corrected chi connectivity index (χ3v) is 13.0. The molecule has 0 saturated carbocycles. The van der Waals surface area contributed by atoms with Gasteiger partial charge in [-0.25, -0.2) is 0 Å². The number of allylic oxidation sites excluding steroid dienone is 2. The lowest BCUT2D eigenvalue weighted by atomic mass is 9.57. The maximum Gasteiger partial charge on any atom is 0.0225 e. The fraction of sp³-hybridized carbons (Fsp3) is 0.0400. The fourth-order valence-corrected chi connectivity index (χ4v) is 11.5. The highest BCUT2D eigenvalue weighted by molar-refractivity contribution is 6.41. The highest BCUT2D eigenvalue weighted by Gasteiger charge is 2.47. The SMILES string of the molecule is C1=C2c3cccc4c(-c5ccccc5)c5ccc6ccc7c8cccc9c(-c%10ccccc%10)c%10ccc(c%11c%10c(c%10c7c6c5c(c34)C%10C2%11)c98)=C1. The molecule has 10 aromatic carbocycles. The molecule has 4 aliphatic carbocycles. The molecule has 0 saturated heterocycles. The molecule has 0 nitrogen and oxygen atoms in total. The summed E-state index contributed by atoms with van der Waals surface area (Å²) in [6.07, 6.45) is 4.90. The summed E-state index contributed by atoms with van der Waals surface area (Å²) >= 11 is 0. The minimum atomic E-state index is 0.259. The van der Waals surface area contributed by atoms with Crippen molar-refractivity contribution in [3.8, 4) is 22.3 Å². The Morgan fingerprint density at radius 2 is 0.880 bits per heavy atom. The van der Waals surface area contributed by atoms with Crippen LogP contribution >= 0.6 is 0 Å². The molecular formula is C50H26. The van der Waals surface area contributed by atoms with Crippen molar-refractivity contribution in [3.05, 3.63) is 167 Å². The van der Waals surface area contributed by atoms with Crippen LogP contribution in [0.2, 0.25) is 0 Å². The molecule has 0 fully saturated rings. The van der Waals surface area contributed by atoms with E-state index in [4.69, 9.17) is 0 Å². The standard InChI is InChI=1S/C50H26/c1-3-9-25(10-4-1)37-33-15-7-13-29-31-21-18-28-20-24-36-38(26-11-5-2-6-12-26)34-16-8-14-30-32-22-17-27-19-23-35(37)45-39(27)43(32)50-48(42(30)34)46(36)40(28)44(31)49(50)47(45)41(29)33/h1-24,43,50H. The van der Waals surface area contributed by atoms with Crippen molar-refractivity contribution < 1.29 is 0 Å². The van der Waals surface area contributed by atoms with E-state index in [1.165, 1.54) is 120 Å². The third kappa shape index (κ3) is 2.53. The van der Waals surface area contributed by atoms with Crippen molar-refractivity contribution in [2.24, 2.45) is 0 Å². The van der Waals surface area contributed by atoms with Gasteiger partial charge in [0, 0.05) is 11.8 Å². The molecule has 0 spiro atoms. The molecule has 14 rings (SSSR count). The minimum absolute atomic E-state index is 0.259. The van der Waals surface area contributed by atoms with Crippen LogP contribution in [0.3, 0.4) is 0 Å². The highest BCUT2D eigenvalue weighted by Crippen LogP contribution is 2.66. The molecule has 0 bridgehead atoms. The average Bonchev–Trinajstić information content (AvgIpc) is 3.18. The summed E-state index contributed by atoms with van der Waals surface area (Å²) in [5, 5.41) is 21.3. The second kappa shape index (κ2) is 8.13. The van der Waals surface area contributed by atoms with Gasteiger partial charge in [-0.05, 0) is 131 Å². The van der Waals surface area contributed by atoms with Crippen LogP contribution in [-0.2, 0) is 0 Å². The Hall–Kier alpha value is -6.24. The van der Waals surface area contributed by atoms with E-state index in [1.54, 1.807) is 11.1 Å². The number of benzene rings is 10. The van der Waals surface area contributed by atoms with Gasteiger partial charge in [-0.1, -0.05) is 146 Å². The Balaban J connectivity index is 1.36. The van der Waals surface area contributed by atoms with Crippen molar-refractivity contribution >= 4 is 87.1 Å². The molecule has 0 N–H and O–H groups in total. The normalized spacial score (nSPS) is 17.5. The molecule has 10 aromatic rings. The monoisotopic (exact) mass is 626 g/mol. The summed E-state index contributed by atoms with van der Waals surface area (Å²) in [5.74, 6) is 0.530. The van der Waals surface area contributed by atoms with Crippen LogP contribution in [0.1, 0.15) is 34.1 Å². The molecular weight excluding hydrogens is 601 g/mol. The van der Waals surface area contributed by atoms with Gasteiger partial charge in [0.05, 0.1) is 0 Å². The average molecular weight is 627 g/mol. The minimum Gasteiger partial charge on any atom is -0.0622 e. The molecule has 50 heavy (non-hydrogen) atoms. The van der Waals surface area contributed by atoms with Crippen LogP contribution in [-0.4, -0.2) is 0 Å². The maximum absolute atomic E-state index is 2.48. The van der Waals surface area contributed by atoms with Crippen LogP contribution in [0.4, 0.5) is 0 Å². The second-order valence-corrected chi connectivity index (χ2v) is 15.0. The number of rotatable bonds is 2. The van der Waals surface area contributed by atoms with E-state index in [1.807, 2.05) is 0 Å². The number of fused-ring (bicyclic) bond motifs is 2. The number of hydrogen-bond acceptors (Lipinski definition) is 0.